The first-order valence-corrected chi connectivity index (χ1v) is 4.34. The van der Waals surface area contributed by atoms with E-state index in [9.17, 15) is 4.79 Å². The summed E-state index contributed by atoms with van der Waals surface area (Å²) >= 11 is 0. The molecule has 1 amide bonds. The molecule has 1 aromatic rings. The highest BCUT2D eigenvalue weighted by atomic mass is 16.1. The third-order valence-corrected chi connectivity index (χ3v) is 2.20. The zero-order valence-corrected chi connectivity index (χ0v) is 8.29. The molecule has 0 aliphatic carbocycles. The Hall–Kier alpha value is -1.32. The van der Waals surface area contributed by atoms with E-state index < -0.39 is 0 Å². The topological polar surface area (TPSA) is 46.9 Å². The van der Waals surface area contributed by atoms with Crippen LogP contribution >= 0.6 is 0 Å². The largest absolute Gasteiger partial charge is 0.359 e. The van der Waals surface area contributed by atoms with Gasteiger partial charge < -0.3 is 9.88 Å². The summed E-state index contributed by atoms with van der Waals surface area (Å²) in [4.78, 5) is 15.1. The molecular weight excluding hydrogens is 166 g/mol. The Morgan fingerprint density at radius 1 is 1.62 bits per heavy atom. The van der Waals surface area contributed by atoms with Crippen molar-refractivity contribution in [2.75, 3.05) is 7.05 Å². The van der Waals surface area contributed by atoms with Crippen LogP contribution in [0.1, 0.15) is 17.8 Å². The van der Waals surface area contributed by atoms with Gasteiger partial charge in [0.2, 0.25) is 5.91 Å². The van der Waals surface area contributed by atoms with E-state index in [4.69, 9.17) is 0 Å². The van der Waals surface area contributed by atoms with Crippen molar-refractivity contribution in [3.05, 3.63) is 17.7 Å². The Balaban J connectivity index is 2.55. The van der Waals surface area contributed by atoms with Gasteiger partial charge in [0.1, 0.15) is 0 Å². The summed E-state index contributed by atoms with van der Waals surface area (Å²) in [6, 6.07) is 0. The summed E-state index contributed by atoms with van der Waals surface area (Å²) in [6.07, 6.45) is 2.28. The van der Waals surface area contributed by atoms with Crippen molar-refractivity contribution in [2.45, 2.75) is 26.8 Å². The van der Waals surface area contributed by atoms with Crippen LogP contribution in [0.5, 0.6) is 0 Å². The van der Waals surface area contributed by atoms with Gasteiger partial charge in [-0.25, -0.2) is 4.98 Å². The number of nitrogens with zero attached hydrogens (tertiary/aromatic N) is 2. The van der Waals surface area contributed by atoms with Crippen molar-refractivity contribution >= 4 is 5.91 Å². The number of hydrogen-bond acceptors (Lipinski definition) is 2. The molecule has 72 valence electrons. The van der Waals surface area contributed by atoms with Crippen LogP contribution < -0.4 is 5.32 Å². The van der Waals surface area contributed by atoms with Gasteiger partial charge in [0.25, 0.3) is 0 Å². The smallest absolute Gasteiger partial charge is 0.221 e. The van der Waals surface area contributed by atoms with E-state index in [-0.39, 0.29) is 5.91 Å². The minimum atomic E-state index is 0.0609. The van der Waals surface area contributed by atoms with Gasteiger partial charge in [-0.3, -0.25) is 4.79 Å². The minimum Gasteiger partial charge on any atom is -0.359 e. The Bertz CT molecular complexity index is 304. The van der Waals surface area contributed by atoms with Crippen LogP contribution in [0, 0.1) is 13.8 Å². The highest BCUT2D eigenvalue weighted by Gasteiger charge is 2.03. The van der Waals surface area contributed by atoms with E-state index in [0.717, 1.165) is 11.4 Å². The highest BCUT2D eigenvalue weighted by Crippen LogP contribution is 2.04. The number of carbonyl (C=O) groups excluding carboxylic acids is 1. The van der Waals surface area contributed by atoms with Crippen LogP contribution in [0.2, 0.25) is 0 Å². The second kappa shape index (κ2) is 4.07. The third kappa shape index (κ3) is 2.31. The molecule has 0 saturated carbocycles. The number of nitrogens with one attached hydrogen (secondary N) is 1. The van der Waals surface area contributed by atoms with Crippen LogP contribution in [0.3, 0.4) is 0 Å². The van der Waals surface area contributed by atoms with Crippen LogP contribution in [-0.4, -0.2) is 22.5 Å². The summed E-state index contributed by atoms with van der Waals surface area (Å²) < 4.78 is 1.99. The van der Waals surface area contributed by atoms with Crippen molar-refractivity contribution in [3.63, 3.8) is 0 Å². The lowest BCUT2D eigenvalue weighted by atomic mass is 10.3. The fourth-order valence-electron chi connectivity index (χ4n) is 1.12. The SMILES string of the molecule is CNC(=O)CCn1cnc(C)c1C. The molecule has 0 aliphatic heterocycles. The van der Waals surface area contributed by atoms with E-state index in [0.29, 0.717) is 13.0 Å². The quantitative estimate of drug-likeness (QED) is 0.743. The van der Waals surface area contributed by atoms with Gasteiger partial charge in [-0.2, -0.15) is 0 Å². The molecule has 1 N–H and O–H groups in total. The van der Waals surface area contributed by atoms with E-state index >= 15 is 0 Å². The Kier molecular flexibility index (Phi) is 3.06. The fraction of sp³-hybridized carbons (Fsp3) is 0.556. The number of rotatable bonds is 3. The maximum Gasteiger partial charge on any atom is 0.221 e. The average molecular weight is 181 g/mol. The van der Waals surface area contributed by atoms with E-state index in [1.807, 2.05) is 18.4 Å². The third-order valence-electron chi connectivity index (χ3n) is 2.20. The summed E-state index contributed by atoms with van der Waals surface area (Å²) in [5.41, 5.74) is 2.15. The molecule has 1 heterocycles. The van der Waals surface area contributed by atoms with Crippen LogP contribution in [0.4, 0.5) is 0 Å². The van der Waals surface area contributed by atoms with Crippen molar-refractivity contribution < 1.29 is 4.79 Å². The molecule has 1 aromatic heterocycles. The van der Waals surface area contributed by atoms with Gasteiger partial charge >= 0.3 is 0 Å². The molecule has 0 radical (unpaired) electrons. The zero-order chi connectivity index (χ0) is 9.84. The van der Waals surface area contributed by atoms with Gasteiger partial charge in [0, 0.05) is 25.7 Å². The molecule has 0 unspecified atom stereocenters. The number of carbonyl (C=O) groups is 1. The first kappa shape index (κ1) is 9.77. The molecular formula is C9H15N3O. The minimum absolute atomic E-state index is 0.0609. The number of imidazole rings is 1. The molecule has 0 atom stereocenters. The standard InChI is InChI=1S/C9H15N3O/c1-7-8(2)12(6-11-7)5-4-9(13)10-3/h6H,4-5H2,1-3H3,(H,10,13). The molecule has 0 aliphatic rings. The van der Waals surface area contributed by atoms with Gasteiger partial charge in [0.15, 0.2) is 0 Å². The normalized spacial score (nSPS) is 10.1. The van der Waals surface area contributed by atoms with Gasteiger partial charge in [-0.15, -0.1) is 0 Å². The predicted molar refractivity (Wildman–Crippen MR) is 50.4 cm³/mol. The Labute approximate surface area is 78.0 Å². The number of aryl methyl sites for hydroxylation is 2. The van der Waals surface area contributed by atoms with Gasteiger partial charge in [-0.1, -0.05) is 0 Å². The van der Waals surface area contributed by atoms with E-state index in [1.165, 1.54) is 0 Å². The first-order valence-electron chi connectivity index (χ1n) is 4.34. The summed E-state index contributed by atoms with van der Waals surface area (Å²) in [6.45, 7) is 4.67. The van der Waals surface area contributed by atoms with Crippen molar-refractivity contribution in [1.29, 1.82) is 0 Å². The van der Waals surface area contributed by atoms with Crippen molar-refractivity contribution in [1.82, 2.24) is 14.9 Å². The molecule has 0 saturated heterocycles. The summed E-state index contributed by atoms with van der Waals surface area (Å²) in [5, 5.41) is 2.59. The first-order chi connectivity index (χ1) is 6.15. The lowest BCUT2D eigenvalue weighted by molar-refractivity contribution is -0.120. The average Bonchev–Trinajstić information content (AvgIpc) is 2.44. The lowest BCUT2D eigenvalue weighted by Crippen LogP contribution is -2.19. The molecule has 0 spiro atoms. The van der Waals surface area contributed by atoms with Crippen molar-refractivity contribution in [3.8, 4) is 0 Å². The predicted octanol–water partition coefficient (Wildman–Crippen LogP) is 0.636. The van der Waals surface area contributed by atoms with Gasteiger partial charge in [-0.05, 0) is 13.8 Å². The van der Waals surface area contributed by atoms with E-state index in [2.05, 4.69) is 10.3 Å². The van der Waals surface area contributed by atoms with Crippen LogP contribution in [0.25, 0.3) is 0 Å². The van der Waals surface area contributed by atoms with E-state index in [1.54, 1.807) is 13.4 Å². The zero-order valence-electron chi connectivity index (χ0n) is 8.29. The van der Waals surface area contributed by atoms with Crippen LogP contribution in [-0.2, 0) is 11.3 Å². The molecule has 0 aromatic carbocycles. The monoisotopic (exact) mass is 181 g/mol. The summed E-state index contributed by atoms with van der Waals surface area (Å²) in [7, 11) is 1.65. The molecule has 4 heteroatoms. The summed E-state index contributed by atoms with van der Waals surface area (Å²) in [5.74, 6) is 0.0609. The molecule has 0 bridgehead atoms. The molecule has 1 rings (SSSR count). The lowest BCUT2D eigenvalue weighted by Gasteiger charge is -2.03. The number of hydrogen-bond donors (Lipinski definition) is 1. The maximum absolute atomic E-state index is 11.0. The maximum atomic E-state index is 11.0. The molecule has 0 fully saturated rings. The fourth-order valence-corrected chi connectivity index (χ4v) is 1.12. The second-order valence-corrected chi connectivity index (χ2v) is 3.03. The Morgan fingerprint density at radius 2 is 2.31 bits per heavy atom. The van der Waals surface area contributed by atoms with Crippen molar-refractivity contribution in [2.24, 2.45) is 0 Å². The Morgan fingerprint density at radius 3 is 2.77 bits per heavy atom. The number of aromatic nitrogens is 2. The molecule has 4 nitrogen and oxygen atoms in total. The second-order valence-electron chi connectivity index (χ2n) is 3.03. The molecule has 13 heavy (non-hydrogen) atoms. The highest BCUT2D eigenvalue weighted by molar-refractivity contribution is 5.75. The van der Waals surface area contributed by atoms with Crippen LogP contribution in [0.15, 0.2) is 6.33 Å². The van der Waals surface area contributed by atoms with Gasteiger partial charge in [0.05, 0.1) is 12.0 Å². The number of amides is 1.